The van der Waals surface area contributed by atoms with E-state index in [1.165, 1.54) is 7.11 Å². The Bertz CT molecular complexity index is 911. The van der Waals surface area contributed by atoms with Crippen molar-refractivity contribution in [3.63, 3.8) is 0 Å². The fourth-order valence-electron chi connectivity index (χ4n) is 2.45. The quantitative estimate of drug-likeness (QED) is 0.628. The molecule has 0 spiro atoms. The Morgan fingerprint density at radius 1 is 1.19 bits per heavy atom. The van der Waals surface area contributed by atoms with Crippen LogP contribution in [0.4, 0.5) is 5.69 Å². The minimum absolute atomic E-state index is 0.237. The van der Waals surface area contributed by atoms with Crippen LogP contribution in [0.2, 0.25) is 0 Å². The van der Waals surface area contributed by atoms with Crippen LogP contribution in [0.1, 0.15) is 18.9 Å². The second-order valence-electron chi connectivity index (χ2n) is 5.80. The van der Waals surface area contributed by atoms with Crippen LogP contribution in [0.5, 0.6) is 11.5 Å². The van der Waals surface area contributed by atoms with Crippen molar-refractivity contribution in [2.75, 3.05) is 19.0 Å². The molecule has 0 fully saturated rings. The van der Waals surface area contributed by atoms with E-state index >= 15 is 0 Å². The number of carbonyl (C=O) groups is 1. The molecule has 1 unspecified atom stereocenters. The molecule has 2 aromatic carbocycles. The van der Waals surface area contributed by atoms with Gasteiger partial charge in [0, 0.05) is 17.3 Å². The van der Waals surface area contributed by atoms with Gasteiger partial charge in [-0.2, -0.15) is 0 Å². The van der Waals surface area contributed by atoms with Gasteiger partial charge in [-0.15, -0.1) is 10.2 Å². The van der Waals surface area contributed by atoms with E-state index in [0.717, 1.165) is 11.3 Å². The van der Waals surface area contributed by atoms with Crippen LogP contribution >= 0.6 is 0 Å². The molecule has 8 heteroatoms. The number of amides is 1. The number of anilines is 1. The number of nitrogens with two attached hydrogens (primary N) is 1. The number of primary amides is 1. The van der Waals surface area contributed by atoms with Gasteiger partial charge in [-0.05, 0) is 31.2 Å². The molecule has 0 aliphatic carbocycles. The first-order valence-electron chi connectivity index (χ1n) is 8.31. The lowest BCUT2D eigenvalue weighted by Crippen LogP contribution is -2.20. The van der Waals surface area contributed by atoms with Gasteiger partial charge < -0.3 is 24.9 Å². The van der Waals surface area contributed by atoms with Crippen molar-refractivity contribution in [1.82, 2.24) is 10.2 Å². The summed E-state index contributed by atoms with van der Waals surface area (Å²) < 4.78 is 16.4. The van der Waals surface area contributed by atoms with Gasteiger partial charge in [-0.3, -0.25) is 4.79 Å². The molecule has 0 saturated heterocycles. The minimum Gasteiger partial charge on any atom is -0.493 e. The van der Waals surface area contributed by atoms with E-state index in [9.17, 15) is 4.79 Å². The molecular weight excluding hydrogens is 348 g/mol. The Labute approximate surface area is 156 Å². The van der Waals surface area contributed by atoms with Crippen molar-refractivity contribution >= 4 is 11.6 Å². The Morgan fingerprint density at radius 3 is 2.67 bits per heavy atom. The van der Waals surface area contributed by atoms with Gasteiger partial charge in [0.05, 0.1) is 7.11 Å². The third-order valence-electron chi connectivity index (χ3n) is 3.75. The molecule has 0 saturated carbocycles. The maximum absolute atomic E-state index is 11.0. The number of nitrogens with zero attached hydrogens (tertiary/aromatic N) is 2. The predicted molar refractivity (Wildman–Crippen MR) is 99.5 cm³/mol. The first kappa shape index (κ1) is 18.2. The third kappa shape index (κ3) is 4.55. The van der Waals surface area contributed by atoms with Gasteiger partial charge in [0.2, 0.25) is 11.8 Å². The summed E-state index contributed by atoms with van der Waals surface area (Å²) in [7, 11) is 1.52. The lowest BCUT2D eigenvalue weighted by atomic mass is 10.2. The van der Waals surface area contributed by atoms with E-state index in [2.05, 4.69) is 15.5 Å². The first-order valence-corrected chi connectivity index (χ1v) is 8.31. The summed E-state index contributed by atoms with van der Waals surface area (Å²) in [4.78, 5) is 11.0. The molecular formula is C19H20N4O4. The van der Waals surface area contributed by atoms with Gasteiger partial charge in [0.15, 0.2) is 18.1 Å². The van der Waals surface area contributed by atoms with Crippen LogP contribution < -0.4 is 20.5 Å². The summed E-state index contributed by atoms with van der Waals surface area (Å²) in [5, 5.41) is 11.5. The lowest BCUT2D eigenvalue weighted by molar-refractivity contribution is -0.119. The molecule has 3 aromatic rings. The highest BCUT2D eigenvalue weighted by Gasteiger charge is 2.16. The van der Waals surface area contributed by atoms with Crippen LogP contribution in [-0.4, -0.2) is 29.8 Å². The van der Waals surface area contributed by atoms with Crippen molar-refractivity contribution in [3.8, 4) is 23.0 Å². The van der Waals surface area contributed by atoms with Crippen molar-refractivity contribution in [3.05, 3.63) is 54.4 Å². The van der Waals surface area contributed by atoms with E-state index < -0.39 is 5.91 Å². The smallest absolute Gasteiger partial charge is 0.255 e. The summed E-state index contributed by atoms with van der Waals surface area (Å²) in [6.45, 7) is 1.66. The average Bonchev–Trinajstić information content (AvgIpc) is 3.17. The van der Waals surface area contributed by atoms with Crippen molar-refractivity contribution in [1.29, 1.82) is 0 Å². The summed E-state index contributed by atoms with van der Waals surface area (Å²) in [6, 6.07) is 14.6. The van der Waals surface area contributed by atoms with E-state index in [1.807, 2.05) is 43.3 Å². The highest BCUT2D eigenvalue weighted by atomic mass is 16.5. The Hall–Kier alpha value is -3.55. The van der Waals surface area contributed by atoms with E-state index in [4.69, 9.17) is 19.6 Å². The monoisotopic (exact) mass is 368 g/mol. The van der Waals surface area contributed by atoms with Crippen LogP contribution in [0.25, 0.3) is 11.5 Å². The summed E-state index contributed by atoms with van der Waals surface area (Å²) in [6.07, 6.45) is 0. The lowest BCUT2D eigenvalue weighted by Gasteiger charge is -2.15. The number of methoxy groups -OCH3 is 1. The summed E-state index contributed by atoms with van der Waals surface area (Å²) in [5.41, 5.74) is 6.72. The largest absolute Gasteiger partial charge is 0.493 e. The fraction of sp³-hybridized carbons (Fsp3) is 0.211. The molecule has 3 N–H and O–H groups in total. The van der Waals surface area contributed by atoms with E-state index in [1.54, 1.807) is 12.1 Å². The highest BCUT2D eigenvalue weighted by molar-refractivity contribution is 5.75. The molecule has 0 radical (unpaired) electrons. The normalized spacial score (nSPS) is 11.6. The zero-order chi connectivity index (χ0) is 19.2. The van der Waals surface area contributed by atoms with Gasteiger partial charge in [0.25, 0.3) is 5.91 Å². The van der Waals surface area contributed by atoms with Gasteiger partial charge >= 0.3 is 0 Å². The molecule has 1 atom stereocenters. The zero-order valence-corrected chi connectivity index (χ0v) is 15.0. The topological polar surface area (TPSA) is 112 Å². The van der Waals surface area contributed by atoms with Crippen LogP contribution in [0.3, 0.4) is 0 Å². The standard InChI is InChI=1S/C19H20N4O4/c1-12(18-22-23-19(27-18)13-6-4-3-5-7-13)21-14-8-9-15(25-2)16(10-14)26-11-17(20)24/h3-10,12,21H,11H2,1-2H3,(H2,20,24). The number of rotatable bonds is 8. The van der Waals surface area contributed by atoms with Crippen LogP contribution in [0.15, 0.2) is 52.9 Å². The number of aromatic nitrogens is 2. The van der Waals surface area contributed by atoms with E-state index in [-0.39, 0.29) is 12.6 Å². The molecule has 0 bridgehead atoms. The van der Waals surface area contributed by atoms with Gasteiger partial charge in [-0.1, -0.05) is 18.2 Å². The number of hydrogen-bond acceptors (Lipinski definition) is 7. The second-order valence-corrected chi connectivity index (χ2v) is 5.80. The molecule has 8 nitrogen and oxygen atoms in total. The van der Waals surface area contributed by atoms with Crippen molar-refractivity contribution < 1.29 is 18.7 Å². The molecule has 0 aliphatic rings. The SMILES string of the molecule is COc1ccc(NC(C)c2nnc(-c3ccccc3)o2)cc1OCC(N)=O. The highest BCUT2D eigenvalue weighted by Crippen LogP contribution is 2.32. The van der Waals surface area contributed by atoms with E-state index in [0.29, 0.717) is 23.3 Å². The summed E-state index contributed by atoms with van der Waals surface area (Å²) >= 11 is 0. The third-order valence-corrected chi connectivity index (χ3v) is 3.75. The number of benzene rings is 2. The predicted octanol–water partition coefficient (Wildman–Crippen LogP) is 2.78. The molecule has 1 heterocycles. The maximum Gasteiger partial charge on any atom is 0.255 e. The summed E-state index contributed by atoms with van der Waals surface area (Å²) in [5.74, 6) is 1.24. The van der Waals surface area contributed by atoms with Crippen LogP contribution in [-0.2, 0) is 4.79 Å². The van der Waals surface area contributed by atoms with Crippen LogP contribution in [0, 0.1) is 0 Å². The minimum atomic E-state index is -0.567. The molecule has 1 aromatic heterocycles. The zero-order valence-electron chi connectivity index (χ0n) is 15.0. The maximum atomic E-state index is 11.0. The number of ether oxygens (including phenoxy) is 2. The molecule has 3 rings (SSSR count). The number of nitrogens with one attached hydrogen (secondary N) is 1. The average molecular weight is 368 g/mol. The Balaban J connectivity index is 1.74. The molecule has 140 valence electrons. The fourth-order valence-corrected chi connectivity index (χ4v) is 2.45. The molecule has 0 aliphatic heterocycles. The van der Waals surface area contributed by atoms with Gasteiger partial charge in [-0.25, -0.2) is 0 Å². The number of carbonyl (C=O) groups excluding carboxylic acids is 1. The molecule has 1 amide bonds. The molecule has 27 heavy (non-hydrogen) atoms. The first-order chi connectivity index (χ1) is 13.1. The Morgan fingerprint density at radius 2 is 1.96 bits per heavy atom. The Kier molecular flexibility index (Phi) is 5.55. The van der Waals surface area contributed by atoms with Gasteiger partial charge in [0.1, 0.15) is 6.04 Å². The van der Waals surface area contributed by atoms with Crippen molar-refractivity contribution in [2.45, 2.75) is 13.0 Å². The number of hydrogen-bond donors (Lipinski definition) is 2. The second kappa shape index (κ2) is 8.22. The van der Waals surface area contributed by atoms with Crippen molar-refractivity contribution in [2.24, 2.45) is 5.73 Å².